The van der Waals surface area contributed by atoms with Gasteiger partial charge in [0.15, 0.2) is 0 Å². The first-order valence-corrected chi connectivity index (χ1v) is 7.49. The van der Waals surface area contributed by atoms with Crippen LogP contribution in [0, 0.1) is 5.92 Å². The van der Waals surface area contributed by atoms with Crippen molar-refractivity contribution in [3.8, 4) is 5.75 Å². The van der Waals surface area contributed by atoms with Crippen LogP contribution < -0.4 is 20.7 Å². The van der Waals surface area contributed by atoms with Gasteiger partial charge in [0.1, 0.15) is 5.75 Å². The van der Waals surface area contributed by atoms with Crippen molar-refractivity contribution in [1.29, 1.82) is 0 Å². The number of carbonyl (C=O) groups is 2. The van der Waals surface area contributed by atoms with Crippen LogP contribution in [0.25, 0.3) is 0 Å². The SMILES string of the molecule is COc1cc(NC(=O)C(C)C(C)N)ccc1N1CCCC1=O.Cl. The predicted octanol–water partition coefficient (Wildman–Crippen LogP) is 2.17. The summed E-state index contributed by atoms with van der Waals surface area (Å²) in [6.07, 6.45) is 1.42. The van der Waals surface area contributed by atoms with E-state index in [0.29, 0.717) is 24.4 Å². The first-order valence-electron chi connectivity index (χ1n) is 7.49. The van der Waals surface area contributed by atoms with E-state index < -0.39 is 0 Å². The number of hydrogen-bond acceptors (Lipinski definition) is 4. The molecule has 7 heteroatoms. The monoisotopic (exact) mass is 341 g/mol. The second-order valence-corrected chi connectivity index (χ2v) is 5.67. The second kappa shape index (κ2) is 8.17. The Morgan fingerprint density at radius 2 is 2.09 bits per heavy atom. The Morgan fingerprint density at radius 3 is 2.61 bits per heavy atom. The van der Waals surface area contributed by atoms with Crippen LogP contribution >= 0.6 is 12.4 Å². The summed E-state index contributed by atoms with van der Waals surface area (Å²) in [6.45, 7) is 4.28. The zero-order valence-electron chi connectivity index (χ0n) is 13.7. The van der Waals surface area contributed by atoms with Crippen LogP contribution in [0.15, 0.2) is 18.2 Å². The van der Waals surface area contributed by atoms with Crippen LogP contribution in [0.1, 0.15) is 26.7 Å². The summed E-state index contributed by atoms with van der Waals surface area (Å²) in [6, 6.07) is 5.08. The largest absolute Gasteiger partial charge is 0.494 e. The van der Waals surface area contributed by atoms with Gasteiger partial charge in [-0.25, -0.2) is 0 Å². The summed E-state index contributed by atoms with van der Waals surface area (Å²) in [5.74, 6) is 0.245. The van der Waals surface area contributed by atoms with E-state index in [1.165, 1.54) is 0 Å². The van der Waals surface area contributed by atoms with Crippen molar-refractivity contribution in [2.45, 2.75) is 32.7 Å². The van der Waals surface area contributed by atoms with Gasteiger partial charge < -0.3 is 20.7 Å². The Kier molecular flexibility index (Phi) is 6.84. The molecule has 1 aromatic carbocycles. The van der Waals surface area contributed by atoms with Crippen molar-refractivity contribution in [3.63, 3.8) is 0 Å². The molecule has 3 N–H and O–H groups in total. The number of ether oxygens (including phenoxy) is 1. The van der Waals surface area contributed by atoms with E-state index in [-0.39, 0.29) is 36.2 Å². The Morgan fingerprint density at radius 1 is 1.39 bits per heavy atom. The number of nitrogens with zero attached hydrogens (tertiary/aromatic N) is 1. The number of benzene rings is 1. The van der Waals surface area contributed by atoms with E-state index in [1.54, 1.807) is 44.1 Å². The minimum atomic E-state index is -0.286. The maximum Gasteiger partial charge on any atom is 0.228 e. The Balaban J connectivity index is 0.00000264. The molecular weight excluding hydrogens is 318 g/mol. The number of methoxy groups -OCH3 is 1. The summed E-state index contributed by atoms with van der Waals surface area (Å²) in [5.41, 5.74) is 7.11. The molecule has 2 atom stereocenters. The van der Waals surface area contributed by atoms with Crippen LogP contribution in [0.3, 0.4) is 0 Å². The molecule has 1 fully saturated rings. The number of amides is 2. The number of halogens is 1. The molecule has 128 valence electrons. The van der Waals surface area contributed by atoms with Gasteiger partial charge in [0.05, 0.1) is 18.7 Å². The average Bonchev–Trinajstić information content (AvgIpc) is 2.92. The van der Waals surface area contributed by atoms with Crippen molar-refractivity contribution in [3.05, 3.63) is 18.2 Å². The van der Waals surface area contributed by atoms with Gasteiger partial charge in [-0.2, -0.15) is 0 Å². The topological polar surface area (TPSA) is 84.7 Å². The van der Waals surface area contributed by atoms with Crippen LogP contribution in [0.2, 0.25) is 0 Å². The molecule has 1 saturated heterocycles. The third-order valence-corrected chi connectivity index (χ3v) is 4.01. The molecule has 2 amide bonds. The predicted molar refractivity (Wildman–Crippen MR) is 93.3 cm³/mol. The van der Waals surface area contributed by atoms with Gasteiger partial charge in [0.2, 0.25) is 11.8 Å². The molecule has 0 bridgehead atoms. The normalized spacial score (nSPS) is 16.5. The van der Waals surface area contributed by atoms with Gasteiger partial charge in [-0.3, -0.25) is 9.59 Å². The quantitative estimate of drug-likeness (QED) is 0.859. The first kappa shape index (κ1) is 19.3. The number of hydrogen-bond donors (Lipinski definition) is 2. The number of nitrogens with one attached hydrogen (secondary N) is 1. The molecule has 0 aromatic heterocycles. The van der Waals surface area contributed by atoms with E-state index in [4.69, 9.17) is 10.5 Å². The van der Waals surface area contributed by atoms with E-state index in [2.05, 4.69) is 5.32 Å². The fraction of sp³-hybridized carbons (Fsp3) is 0.500. The number of carbonyl (C=O) groups excluding carboxylic acids is 2. The van der Waals surface area contributed by atoms with Crippen LogP contribution in [-0.4, -0.2) is 31.5 Å². The molecule has 1 heterocycles. The molecule has 0 saturated carbocycles. The molecule has 0 radical (unpaired) electrons. The van der Waals surface area contributed by atoms with Gasteiger partial charge in [-0.05, 0) is 25.5 Å². The highest BCUT2D eigenvalue weighted by Gasteiger charge is 2.25. The maximum atomic E-state index is 12.1. The van der Waals surface area contributed by atoms with Gasteiger partial charge in [-0.1, -0.05) is 6.92 Å². The van der Waals surface area contributed by atoms with Crippen molar-refractivity contribution < 1.29 is 14.3 Å². The Hall–Kier alpha value is -1.79. The van der Waals surface area contributed by atoms with Crippen LogP contribution in [-0.2, 0) is 9.59 Å². The lowest BCUT2D eigenvalue weighted by molar-refractivity contribution is -0.120. The molecule has 1 aliphatic heterocycles. The van der Waals surface area contributed by atoms with Crippen molar-refractivity contribution in [2.24, 2.45) is 11.7 Å². The minimum absolute atomic E-state index is 0. The van der Waals surface area contributed by atoms with Gasteiger partial charge in [0.25, 0.3) is 0 Å². The van der Waals surface area contributed by atoms with E-state index in [9.17, 15) is 9.59 Å². The molecule has 2 unspecified atom stereocenters. The highest BCUT2D eigenvalue weighted by atomic mass is 35.5. The van der Waals surface area contributed by atoms with E-state index in [1.807, 2.05) is 0 Å². The van der Waals surface area contributed by atoms with Gasteiger partial charge >= 0.3 is 0 Å². The van der Waals surface area contributed by atoms with Crippen LogP contribution in [0.5, 0.6) is 5.75 Å². The molecule has 2 rings (SSSR count). The third kappa shape index (κ3) is 4.36. The molecule has 1 aromatic rings. The fourth-order valence-corrected chi connectivity index (χ4v) is 2.38. The highest BCUT2D eigenvalue weighted by molar-refractivity contribution is 5.98. The standard InChI is InChI=1S/C16H23N3O3.ClH/c1-10(11(2)17)16(21)18-12-6-7-13(14(9-12)22-3)19-8-4-5-15(19)20;/h6-7,9-11H,4-5,8,17H2,1-3H3,(H,18,21);1H. The summed E-state index contributed by atoms with van der Waals surface area (Å²) in [5, 5.41) is 2.82. The Labute approximate surface area is 142 Å². The molecule has 23 heavy (non-hydrogen) atoms. The number of anilines is 2. The highest BCUT2D eigenvalue weighted by Crippen LogP contribution is 2.33. The number of rotatable bonds is 5. The lowest BCUT2D eigenvalue weighted by Crippen LogP contribution is -2.34. The lowest BCUT2D eigenvalue weighted by atomic mass is 10.0. The molecule has 0 spiro atoms. The summed E-state index contributed by atoms with van der Waals surface area (Å²) in [7, 11) is 1.55. The third-order valence-electron chi connectivity index (χ3n) is 4.01. The smallest absolute Gasteiger partial charge is 0.228 e. The van der Waals surface area contributed by atoms with Crippen molar-refractivity contribution >= 4 is 35.6 Å². The first-order chi connectivity index (χ1) is 10.4. The van der Waals surface area contributed by atoms with E-state index in [0.717, 1.165) is 12.1 Å². The molecule has 0 aliphatic carbocycles. The second-order valence-electron chi connectivity index (χ2n) is 5.67. The summed E-state index contributed by atoms with van der Waals surface area (Å²) < 4.78 is 5.37. The fourth-order valence-electron chi connectivity index (χ4n) is 2.38. The van der Waals surface area contributed by atoms with Gasteiger partial charge in [0, 0.05) is 30.8 Å². The summed E-state index contributed by atoms with van der Waals surface area (Å²) in [4.78, 5) is 25.6. The lowest BCUT2D eigenvalue weighted by Gasteiger charge is -2.20. The minimum Gasteiger partial charge on any atom is -0.494 e. The Bertz CT molecular complexity index is 578. The summed E-state index contributed by atoms with van der Waals surface area (Å²) >= 11 is 0. The van der Waals surface area contributed by atoms with Crippen LogP contribution in [0.4, 0.5) is 11.4 Å². The maximum absolute atomic E-state index is 12.1. The van der Waals surface area contributed by atoms with Crippen molar-refractivity contribution in [2.75, 3.05) is 23.9 Å². The molecule has 6 nitrogen and oxygen atoms in total. The molecular formula is C16H24ClN3O3. The zero-order chi connectivity index (χ0) is 16.3. The number of nitrogens with two attached hydrogens (primary N) is 1. The zero-order valence-corrected chi connectivity index (χ0v) is 14.5. The van der Waals surface area contributed by atoms with E-state index >= 15 is 0 Å². The van der Waals surface area contributed by atoms with Gasteiger partial charge in [-0.15, -0.1) is 12.4 Å². The molecule has 1 aliphatic rings. The van der Waals surface area contributed by atoms with Crippen molar-refractivity contribution in [1.82, 2.24) is 0 Å². The average molecular weight is 342 g/mol.